The summed E-state index contributed by atoms with van der Waals surface area (Å²) >= 11 is 3.40. The Kier molecular flexibility index (Phi) is 5.39. The van der Waals surface area contributed by atoms with E-state index in [2.05, 4.69) is 21.2 Å². The zero-order valence-corrected chi connectivity index (χ0v) is 13.7. The highest BCUT2D eigenvalue weighted by atomic mass is 79.9. The van der Waals surface area contributed by atoms with Gasteiger partial charge in [0.25, 0.3) is 5.91 Å². The quantitative estimate of drug-likeness (QED) is 0.873. The van der Waals surface area contributed by atoms with Crippen molar-refractivity contribution in [2.75, 3.05) is 6.61 Å². The molecule has 1 N–H and O–H groups in total. The van der Waals surface area contributed by atoms with Crippen LogP contribution in [-0.2, 0) is 0 Å². The van der Waals surface area contributed by atoms with Crippen molar-refractivity contribution in [2.45, 2.75) is 19.9 Å². The van der Waals surface area contributed by atoms with Crippen molar-refractivity contribution in [3.8, 4) is 5.75 Å². The maximum Gasteiger partial charge on any atom is 0.251 e. The van der Waals surface area contributed by atoms with Crippen LogP contribution < -0.4 is 10.1 Å². The predicted octanol–water partition coefficient (Wildman–Crippen LogP) is 4.34. The molecular formula is C17H18BrNO2. The Hall–Kier alpha value is -1.81. The van der Waals surface area contributed by atoms with E-state index in [1.54, 1.807) is 12.1 Å². The van der Waals surface area contributed by atoms with Crippen LogP contribution in [-0.4, -0.2) is 12.5 Å². The van der Waals surface area contributed by atoms with Crippen molar-refractivity contribution in [2.24, 2.45) is 0 Å². The lowest BCUT2D eigenvalue weighted by molar-refractivity contribution is 0.0940. The van der Waals surface area contributed by atoms with Gasteiger partial charge in [-0.05, 0) is 55.8 Å². The molecule has 2 aromatic rings. The first-order chi connectivity index (χ1) is 10.1. The molecule has 0 fully saturated rings. The van der Waals surface area contributed by atoms with Crippen molar-refractivity contribution in [3.63, 3.8) is 0 Å². The fraction of sp³-hybridized carbons (Fsp3) is 0.235. The molecule has 0 bridgehead atoms. The number of carbonyl (C=O) groups is 1. The third-order valence-electron chi connectivity index (χ3n) is 3.15. The van der Waals surface area contributed by atoms with E-state index in [0.717, 1.165) is 15.8 Å². The van der Waals surface area contributed by atoms with Gasteiger partial charge < -0.3 is 10.1 Å². The Morgan fingerprint density at radius 1 is 1.14 bits per heavy atom. The van der Waals surface area contributed by atoms with Crippen LogP contribution in [0.3, 0.4) is 0 Å². The number of nitrogens with one attached hydrogen (secondary N) is 1. The second kappa shape index (κ2) is 7.27. The standard InChI is InChI=1S/C17H18BrNO2/c1-3-21-16-10-6-14(7-11-16)17(20)19-12(2)13-4-8-15(18)9-5-13/h4-12H,3H2,1-2H3,(H,19,20). The van der Waals surface area contributed by atoms with Crippen LogP contribution >= 0.6 is 15.9 Å². The monoisotopic (exact) mass is 347 g/mol. The summed E-state index contributed by atoms with van der Waals surface area (Å²) in [6.07, 6.45) is 0. The molecule has 3 nitrogen and oxygen atoms in total. The lowest BCUT2D eigenvalue weighted by atomic mass is 10.1. The summed E-state index contributed by atoms with van der Waals surface area (Å²) < 4.78 is 6.39. The van der Waals surface area contributed by atoms with Gasteiger partial charge in [0, 0.05) is 10.0 Å². The normalized spacial score (nSPS) is 11.8. The molecule has 1 amide bonds. The van der Waals surface area contributed by atoms with Gasteiger partial charge in [-0.15, -0.1) is 0 Å². The molecule has 0 aliphatic rings. The van der Waals surface area contributed by atoms with Crippen LogP contribution in [0.5, 0.6) is 5.75 Å². The van der Waals surface area contributed by atoms with Gasteiger partial charge in [0.1, 0.15) is 5.75 Å². The van der Waals surface area contributed by atoms with Gasteiger partial charge in [-0.2, -0.15) is 0 Å². The van der Waals surface area contributed by atoms with Gasteiger partial charge in [-0.1, -0.05) is 28.1 Å². The third kappa shape index (κ3) is 4.33. The first kappa shape index (κ1) is 15.6. The van der Waals surface area contributed by atoms with Gasteiger partial charge in [0.15, 0.2) is 0 Å². The lowest BCUT2D eigenvalue weighted by Gasteiger charge is -2.14. The molecular weight excluding hydrogens is 330 g/mol. The van der Waals surface area contributed by atoms with Crippen molar-refractivity contribution < 1.29 is 9.53 Å². The highest BCUT2D eigenvalue weighted by Gasteiger charge is 2.11. The van der Waals surface area contributed by atoms with E-state index in [1.807, 2.05) is 50.2 Å². The summed E-state index contributed by atoms with van der Waals surface area (Å²) in [5.41, 5.74) is 1.69. The van der Waals surface area contributed by atoms with Crippen LogP contribution in [0, 0.1) is 0 Å². The molecule has 0 saturated carbocycles. The Morgan fingerprint density at radius 3 is 2.33 bits per heavy atom. The molecule has 0 aromatic heterocycles. The van der Waals surface area contributed by atoms with E-state index in [9.17, 15) is 4.79 Å². The molecule has 110 valence electrons. The molecule has 0 radical (unpaired) electrons. The van der Waals surface area contributed by atoms with Crippen LogP contribution in [0.15, 0.2) is 53.0 Å². The summed E-state index contributed by atoms with van der Waals surface area (Å²) in [4.78, 5) is 12.2. The van der Waals surface area contributed by atoms with E-state index in [1.165, 1.54) is 0 Å². The third-order valence-corrected chi connectivity index (χ3v) is 3.67. The highest BCUT2D eigenvalue weighted by Crippen LogP contribution is 2.18. The molecule has 0 spiro atoms. The first-order valence-electron chi connectivity index (χ1n) is 6.89. The Morgan fingerprint density at radius 2 is 1.76 bits per heavy atom. The number of hydrogen-bond acceptors (Lipinski definition) is 2. The van der Waals surface area contributed by atoms with E-state index in [0.29, 0.717) is 12.2 Å². The highest BCUT2D eigenvalue weighted by molar-refractivity contribution is 9.10. The largest absolute Gasteiger partial charge is 0.494 e. The average Bonchev–Trinajstić information content (AvgIpc) is 2.49. The fourth-order valence-electron chi connectivity index (χ4n) is 1.98. The summed E-state index contributed by atoms with van der Waals surface area (Å²) in [5.74, 6) is 0.684. The van der Waals surface area contributed by atoms with Crippen LogP contribution in [0.4, 0.5) is 0 Å². The van der Waals surface area contributed by atoms with Gasteiger partial charge in [0.05, 0.1) is 12.6 Å². The number of halogens is 1. The second-order valence-corrected chi connectivity index (χ2v) is 5.62. The minimum atomic E-state index is -0.0894. The Labute approximate surface area is 133 Å². The number of amides is 1. The van der Waals surface area contributed by atoms with Crippen LogP contribution in [0.1, 0.15) is 35.8 Å². The molecule has 1 unspecified atom stereocenters. The summed E-state index contributed by atoms with van der Waals surface area (Å²) in [5, 5.41) is 2.99. The van der Waals surface area contributed by atoms with Crippen LogP contribution in [0.2, 0.25) is 0 Å². The molecule has 0 heterocycles. The fourth-order valence-corrected chi connectivity index (χ4v) is 2.25. The van der Waals surface area contributed by atoms with Gasteiger partial charge in [0.2, 0.25) is 0 Å². The maximum absolute atomic E-state index is 12.2. The van der Waals surface area contributed by atoms with Crippen molar-refractivity contribution >= 4 is 21.8 Å². The van der Waals surface area contributed by atoms with Gasteiger partial charge in [-0.25, -0.2) is 0 Å². The van der Waals surface area contributed by atoms with E-state index >= 15 is 0 Å². The van der Waals surface area contributed by atoms with E-state index < -0.39 is 0 Å². The molecule has 1 atom stereocenters. The van der Waals surface area contributed by atoms with Crippen molar-refractivity contribution in [1.29, 1.82) is 0 Å². The summed E-state index contributed by atoms with van der Waals surface area (Å²) in [6.45, 7) is 4.52. The van der Waals surface area contributed by atoms with Crippen molar-refractivity contribution in [1.82, 2.24) is 5.32 Å². The molecule has 2 aromatic carbocycles. The number of rotatable bonds is 5. The number of hydrogen-bond donors (Lipinski definition) is 1. The zero-order chi connectivity index (χ0) is 15.2. The minimum Gasteiger partial charge on any atom is -0.494 e. The average molecular weight is 348 g/mol. The van der Waals surface area contributed by atoms with Crippen LogP contribution in [0.25, 0.3) is 0 Å². The van der Waals surface area contributed by atoms with Crippen molar-refractivity contribution in [3.05, 3.63) is 64.1 Å². The van der Waals surface area contributed by atoms with Gasteiger partial charge in [-0.3, -0.25) is 4.79 Å². The zero-order valence-electron chi connectivity index (χ0n) is 12.1. The SMILES string of the molecule is CCOc1ccc(C(=O)NC(C)c2ccc(Br)cc2)cc1. The number of ether oxygens (including phenoxy) is 1. The topological polar surface area (TPSA) is 38.3 Å². The summed E-state index contributed by atoms with van der Waals surface area (Å²) in [7, 11) is 0. The van der Waals surface area contributed by atoms with Gasteiger partial charge >= 0.3 is 0 Å². The molecule has 0 aliphatic heterocycles. The molecule has 2 rings (SSSR count). The minimum absolute atomic E-state index is 0.0443. The molecule has 0 saturated heterocycles. The molecule has 0 aliphatic carbocycles. The molecule has 4 heteroatoms. The second-order valence-electron chi connectivity index (χ2n) is 4.70. The predicted molar refractivity (Wildman–Crippen MR) is 87.6 cm³/mol. The summed E-state index contributed by atoms with van der Waals surface area (Å²) in [6, 6.07) is 15.0. The Balaban J connectivity index is 2.01. The maximum atomic E-state index is 12.2. The number of carbonyl (C=O) groups excluding carboxylic acids is 1. The number of benzene rings is 2. The molecule has 21 heavy (non-hydrogen) atoms. The van der Waals surface area contributed by atoms with E-state index in [4.69, 9.17) is 4.74 Å². The lowest BCUT2D eigenvalue weighted by Crippen LogP contribution is -2.26. The smallest absolute Gasteiger partial charge is 0.251 e. The Bertz CT molecular complexity index is 593. The van der Waals surface area contributed by atoms with E-state index in [-0.39, 0.29) is 11.9 Å². The first-order valence-corrected chi connectivity index (χ1v) is 7.68.